The largest absolute Gasteiger partial charge is 0.358 e. The third kappa shape index (κ3) is 2.91. The molecule has 1 unspecified atom stereocenters. The molecule has 1 atom stereocenters. The van der Waals surface area contributed by atoms with Crippen LogP contribution in [0.3, 0.4) is 0 Å². The Labute approximate surface area is 124 Å². The summed E-state index contributed by atoms with van der Waals surface area (Å²) in [4.78, 5) is 14.0. The highest BCUT2D eigenvalue weighted by molar-refractivity contribution is 6.30. The maximum atomic E-state index is 11.8. The van der Waals surface area contributed by atoms with E-state index in [0.717, 1.165) is 23.8 Å². The quantitative estimate of drug-likeness (QED) is 0.891. The van der Waals surface area contributed by atoms with E-state index in [1.807, 2.05) is 25.1 Å². The van der Waals surface area contributed by atoms with Crippen LogP contribution in [-0.4, -0.2) is 31.1 Å². The van der Waals surface area contributed by atoms with Crippen LogP contribution in [0.1, 0.15) is 25.3 Å². The summed E-state index contributed by atoms with van der Waals surface area (Å²) >= 11 is 6.13. The fourth-order valence-electron chi connectivity index (χ4n) is 2.63. The molecular formula is C15H20ClN3O. The average Bonchev–Trinajstić information content (AvgIpc) is 3.24. The molecule has 0 aromatic heterocycles. The Balaban J connectivity index is 1.84. The number of hydrogen-bond donors (Lipinski definition) is 2. The maximum absolute atomic E-state index is 11.8. The summed E-state index contributed by atoms with van der Waals surface area (Å²) in [6.07, 6.45) is 2.52. The van der Waals surface area contributed by atoms with E-state index in [1.54, 1.807) is 0 Å². The number of halogens is 1. The molecule has 1 saturated carbocycles. The van der Waals surface area contributed by atoms with Crippen molar-refractivity contribution in [3.8, 4) is 0 Å². The van der Waals surface area contributed by atoms with Gasteiger partial charge in [0.25, 0.3) is 0 Å². The number of carbonyl (C=O) groups excluding carboxylic acids is 1. The molecule has 108 valence electrons. The van der Waals surface area contributed by atoms with Crippen molar-refractivity contribution >= 4 is 23.2 Å². The molecular weight excluding hydrogens is 274 g/mol. The molecule has 5 heteroatoms. The Morgan fingerprint density at radius 1 is 1.45 bits per heavy atom. The molecule has 1 aromatic carbocycles. The van der Waals surface area contributed by atoms with Crippen molar-refractivity contribution in [1.82, 2.24) is 10.6 Å². The van der Waals surface area contributed by atoms with Gasteiger partial charge in [-0.15, -0.1) is 0 Å². The van der Waals surface area contributed by atoms with Crippen molar-refractivity contribution in [2.24, 2.45) is 0 Å². The summed E-state index contributed by atoms with van der Waals surface area (Å²) in [5.74, 6) is 0.0901. The van der Waals surface area contributed by atoms with Crippen molar-refractivity contribution < 1.29 is 4.79 Å². The zero-order valence-electron chi connectivity index (χ0n) is 11.7. The van der Waals surface area contributed by atoms with Gasteiger partial charge in [-0.1, -0.05) is 11.6 Å². The van der Waals surface area contributed by atoms with Gasteiger partial charge in [0, 0.05) is 36.4 Å². The summed E-state index contributed by atoms with van der Waals surface area (Å²) in [7, 11) is 0. The normalized spacial score (nSPS) is 22.8. The van der Waals surface area contributed by atoms with E-state index < -0.39 is 0 Å². The molecule has 2 aliphatic rings. The van der Waals surface area contributed by atoms with Crippen molar-refractivity contribution in [1.29, 1.82) is 0 Å². The Kier molecular flexibility index (Phi) is 3.85. The predicted molar refractivity (Wildman–Crippen MR) is 81.1 cm³/mol. The molecule has 1 aliphatic heterocycles. The molecule has 3 rings (SSSR count). The Morgan fingerprint density at radius 2 is 2.25 bits per heavy atom. The monoisotopic (exact) mass is 293 g/mol. The van der Waals surface area contributed by atoms with Crippen LogP contribution in [0.25, 0.3) is 0 Å². The number of rotatable bonds is 4. The van der Waals surface area contributed by atoms with Crippen LogP contribution < -0.4 is 15.5 Å². The number of amides is 1. The van der Waals surface area contributed by atoms with Gasteiger partial charge >= 0.3 is 0 Å². The van der Waals surface area contributed by atoms with Gasteiger partial charge in [-0.25, -0.2) is 0 Å². The van der Waals surface area contributed by atoms with Crippen LogP contribution >= 0.6 is 11.6 Å². The topological polar surface area (TPSA) is 44.4 Å². The summed E-state index contributed by atoms with van der Waals surface area (Å²) in [5.41, 5.74) is 2.29. The fraction of sp³-hybridized carbons (Fsp3) is 0.533. The van der Waals surface area contributed by atoms with Gasteiger partial charge in [0.15, 0.2) is 0 Å². The minimum Gasteiger partial charge on any atom is -0.358 e. The van der Waals surface area contributed by atoms with Gasteiger partial charge in [-0.3, -0.25) is 4.79 Å². The first-order chi connectivity index (χ1) is 9.65. The van der Waals surface area contributed by atoms with Crippen LogP contribution in [0.2, 0.25) is 5.02 Å². The number of benzene rings is 1. The summed E-state index contributed by atoms with van der Waals surface area (Å²) in [5, 5.41) is 7.17. The molecule has 1 aromatic rings. The second-order valence-electron chi connectivity index (χ2n) is 5.59. The minimum atomic E-state index is -0.135. The van der Waals surface area contributed by atoms with Crippen LogP contribution in [0.5, 0.6) is 0 Å². The van der Waals surface area contributed by atoms with Crippen molar-refractivity contribution in [3.05, 3.63) is 28.8 Å². The first-order valence-electron chi connectivity index (χ1n) is 7.21. The first kappa shape index (κ1) is 13.7. The van der Waals surface area contributed by atoms with Crippen molar-refractivity contribution in [2.75, 3.05) is 18.0 Å². The zero-order valence-corrected chi connectivity index (χ0v) is 12.4. The number of anilines is 1. The molecule has 2 N–H and O–H groups in total. The van der Waals surface area contributed by atoms with Gasteiger partial charge in [0.1, 0.15) is 6.04 Å². The fourth-order valence-corrected chi connectivity index (χ4v) is 2.82. The lowest BCUT2D eigenvalue weighted by Gasteiger charge is -2.36. The second-order valence-corrected chi connectivity index (χ2v) is 6.03. The van der Waals surface area contributed by atoms with Crippen molar-refractivity contribution in [2.45, 2.75) is 38.4 Å². The SMILES string of the molecule is CC1C(=O)NCCN1c1ccc(Cl)cc1CNC1CC1. The van der Waals surface area contributed by atoms with E-state index >= 15 is 0 Å². The van der Waals surface area contributed by atoms with E-state index in [-0.39, 0.29) is 11.9 Å². The summed E-state index contributed by atoms with van der Waals surface area (Å²) < 4.78 is 0. The van der Waals surface area contributed by atoms with Gasteiger partial charge in [-0.2, -0.15) is 0 Å². The lowest BCUT2D eigenvalue weighted by atomic mass is 10.1. The summed E-state index contributed by atoms with van der Waals surface area (Å²) in [6.45, 7) is 4.29. The number of nitrogens with one attached hydrogen (secondary N) is 2. The molecule has 4 nitrogen and oxygen atoms in total. The molecule has 1 amide bonds. The Hall–Kier alpha value is -1.26. The molecule has 0 spiro atoms. The predicted octanol–water partition coefficient (Wildman–Crippen LogP) is 1.92. The lowest BCUT2D eigenvalue weighted by molar-refractivity contribution is -0.122. The van der Waals surface area contributed by atoms with Crippen LogP contribution in [-0.2, 0) is 11.3 Å². The number of nitrogens with zero attached hydrogens (tertiary/aromatic N) is 1. The lowest BCUT2D eigenvalue weighted by Crippen LogP contribution is -2.54. The highest BCUT2D eigenvalue weighted by Gasteiger charge is 2.27. The molecule has 1 heterocycles. The molecule has 0 bridgehead atoms. The number of piperazine rings is 1. The van der Waals surface area contributed by atoms with Crippen LogP contribution in [0, 0.1) is 0 Å². The van der Waals surface area contributed by atoms with E-state index in [1.165, 1.54) is 18.4 Å². The van der Waals surface area contributed by atoms with Crippen LogP contribution in [0.15, 0.2) is 18.2 Å². The first-order valence-corrected chi connectivity index (χ1v) is 7.59. The van der Waals surface area contributed by atoms with E-state index in [2.05, 4.69) is 15.5 Å². The minimum absolute atomic E-state index is 0.0901. The van der Waals surface area contributed by atoms with E-state index in [4.69, 9.17) is 11.6 Å². The molecule has 0 radical (unpaired) electrons. The number of hydrogen-bond acceptors (Lipinski definition) is 3. The van der Waals surface area contributed by atoms with Gasteiger partial charge in [0.2, 0.25) is 5.91 Å². The average molecular weight is 294 g/mol. The third-order valence-corrected chi connectivity index (χ3v) is 4.24. The van der Waals surface area contributed by atoms with Gasteiger partial charge in [0.05, 0.1) is 0 Å². The number of carbonyl (C=O) groups is 1. The smallest absolute Gasteiger partial charge is 0.242 e. The Bertz CT molecular complexity index is 516. The molecule has 2 fully saturated rings. The van der Waals surface area contributed by atoms with Gasteiger partial charge < -0.3 is 15.5 Å². The molecule has 1 saturated heterocycles. The van der Waals surface area contributed by atoms with E-state index in [9.17, 15) is 4.79 Å². The Morgan fingerprint density at radius 3 is 3.00 bits per heavy atom. The van der Waals surface area contributed by atoms with E-state index in [0.29, 0.717) is 12.6 Å². The second kappa shape index (κ2) is 5.62. The summed E-state index contributed by atoms with van der Waals surface area (Å²) in [6, 6.07) is 6.46. The standard InChI is InChI=1S/C15H20ClN3O/c1-10-15(20)17-6-7-19(10)14-5-2-12(16)8-11(14)9-18-13-3-4-13/h2,5,8,10,13,18H,3-4,6-7,9H2,1H3,(H,17,20). The highest BCUT2D eigenvalue weighted by atomic mass is 35.5. The zero-order chi connectivity index (χ0) is 14.1. The van der Waals surface area contributed by atoms with Crippen molar-refractivity contribution in [3.63, 3.8) is 0 Å². The third-order valence-electron chi connectivity index (χ3n) is 4.01. The highest BCUT2D eigenvalue weighted by Crippen LogP contribution is 2.28. The molecule has 1 aliphatic carbocycles. The van der Waals surface area contributed by atoms with Gasteiger partial charge in [-0.05, 0) is 43.5 Å². The van der Waals surface area contributed by atoms with Crippen LogP contribution in [0.4, 0.5) is 5.69 Å². The maximum Gasteiger partial charge on any atom is 0.242 e. The molecule has 20 heavy (non-hydrogen) atoms.